The Morgan fingerprint density at radius 3 is 2.52 bits per heavy atom. The number of hydrogen-bond donors (Lipinski definition) is 3. The molecule has 2 aliphatic heterocycles. The lowest BCUT2D eigenvalue weighted by Crippen LogP contribution is -2.66. The molecule has 1 saturated carbocycles. The maximum atomic E-state index is 15.7. The summed E-state index contributed by atoms with van der Waals surface area (Å²) in [7, 11) is 3.10. The molecule has 0 bridgehead atoms. The van der Waals surface area contributed by atoms with Gasteiger partial charge in [-0.2, -0.15) is 0 Å². The van der Waals surface area contributed by atoms with Crippen LogP contribution in [-0.2, 0) is 22.7 Å². The Kier molecular flexibility index (Phi) is 10.4. The zero-order valence-electron chi connectivity index (χ0n) is 29.3. The zero-order chi connectivity index (χ0) is 36.6. The minimum absolute atomic E-state index is 0.0854. The van der Waals surface area contributed by atoms with E-state index in [9.17, 15) is 9.59 Å². The summed E-state index contributed by atoms with van der Waals surface area (Å²) in [5.74, 6) is 0.646. The molecular weight excluding hydrogens is 706 g/mol. The number of carbonyl (C=O) groups is 2. The summed E-state index contributed by atoms with van der Waals surface area (Å²) < 4.78 is 27.0. The molecule has 4 heterocycles. The number of ether oxygens (including phenoxy) is 2. The number of pyridine rings is 2. The molecule has 3 N–H and O–H groups in total. The minimum atomic E-state index is -0.422. The molecule has 13 heteroatoms. The van der Waals surface area contributed by atoms with Crippen molar-refractivity contribution in [2.75, 3.05) is 33.9 Å². The molecule has 52 heavy (non-hydrogen) atoms. The van der Waals surface area contributed by atoms with E-state index >= 15 is 4.39 Å². The van der Waals surface area contributed by atoms with Crippen molar-refractivity contribution in [2.24, 2.45) is 5.41 Å². The average molecular weight is 748 g/mol. The van der Waals surface area contributed by atoms with Gasteiger partial charge in [-0.25, -0.2) is 9.37 Å². The lowest BCUT2D eigenvalue weighted by atomic mass is 9.60. The molecule has 0 unspecified atom stereocenters. The molecule has 7 rings (SSSR count). The molecule has 2 amide bonds. The van der Waals surface area contributed by atoms with Crippen LogP contribution in [0.4, 0.5) is 4.39 Å². The predicted octanol–water partition coefficient (Wildman–Crippen LogP) is 6.41. The third kappa shape index (κ3) is 7.19. The first-order valence-electron chi connectivity index (χ1n) is 17.4. The topological polar surface area (TPSA) is 118 Å². The Morgan fingerprint density at radius 2 is 1.81 bits per heavy atom. The smallest absolute Gasteiger partial charge is 0.220 e. The first-order valence-corrected chi connectivity index (χ1v) is 18.2. The fourth-order valence-corrected chi connectivity index (χ4v) is 8.30. The summed E-state index contributed by atoms with van der Waals surface area (Å²) in [6, 6.07) is 14.8. The van der Waals surface area contributed by atoms with Crippen LogP contribution >= 0.6 is 23.2 Å². The number of nitrogens with zero attached hydrogens (tertiary/aromatic N) is 3. The molecule has 3 fully saturated rings. The Balaban J connectivity index is 1.07. The van der Waals surface area contributed by atoms with Gasteiger partial charge in [0.2, 0.25) is 17.7 Å². The van der Waals surface area contributed by atoms with E-state index in [0.29, 0.717) is 86.9 Å². The van der Waals surface area contributed by atoms with E-state index in [1.54, 1.807) is 32.4 Å². The summed E-state index contributed by atoms with van der Waals surface area (Å²) in [6.07, 6.45) is 4.93. The van der Waals surface area contributed by atoms with E-state index in [1.165, 1.54) is 13.2 Å². The molecule has 2 aromatic carbocycles. The van der Waals surface area contributed by atoms with Gasteiger partial charge in [0.05, 0.1) is 35.7 Å². The van der Waals surface area contributed by atoms with Gasteiger partial charge in [-0.05, 0) is 43.5 Å². The SMILES string of the molecule is COc1cc(-c2nccc(-c3cccc(-c4ccc(CNC[C@H]5CCC(=O)N5)c(OC)n4)c3Cl)c2Cl)cc(F)c1CNC1CC2(C1)CN(C(C)=O)C2. The van der Waals surface area contributed by atoms with Crippen LogP contribution < -0.4 is 25.4 Å². The number of carbonyl (C=O) groups excluding carboxylic acids is 2. The van der Waals surface area contributed by atoms with Crippen LogP contribution in [-0.4, -0.2) is 72.6 Å². The number of halogens is 3. The summed E-state index contributed by atoms with van der Waals surface area (Å²) in [5.41, 5.74) is 5.00. The normalized spacial score (nSPS) is 17.8. The van der Waals surface area contributed by atoms with Crippen molar-refractivity contribution in [1.82, 2.24) is 30.8 Å². The fraction of sp³-hybridized carbons (Fsp3) is 0.385. The summed E-state index contributed by atoms with van der Waals surface area (Å²) in [6.45, 7) is 4.70. The highest BCUT2D eigenvalue weighted by atomic mass is 35.5. The van der Waals surface area contributed by atoms with E-state index in [2.05, 4.69) is 20.9 Å². The molecule has 3 aliphatic rings. The molecule has 0 radical (unpaired) electrons. The number of benzene rings is 2. The third-order valence-corrected chi connectivity index (χ3v) is 11.2. The van der Waals surface area contributed by atoms with E-state index in [0.717, 1.165) is 37.9 Å². The van der Waals surface area contributed by atoms with Crippen molar-refractivity contribution in [3.63, 3.8) is 0 Å². The number of nitrogens with one attached hydrogen (secondary N) is 3. The lowest BCUT2D eigenvalue weighted by Gasteiger charge is -2.59. The molecule has 10 nitrogen and oxygen atoms in total. The molecule has 1 aliphatic carbocycles. The summed E-state index contributed by atoms with van der Waals surface area (Å²) in [5, 5.41) is 10.6. The Bertz CT molecular complexity index is 2020. The van der Waals surface area contributed by atoms with Gasteiger partial charge >= 0.3 is 0 Å². The van der Waals surface area contributed by atoms with Crippen LogP contribution in [0.2, 0.25) is 10.0 Å². The molecule has 2 aromatic heterocycles. The second-order valence-electron chi connectivity index (χ2n) is 14.0. The Hall–Kier alpha value is -4.29. The van der Waals surface area contributed by atoms with Crippen LogP contribution in [0, 0.1) is 11.2 Å². The summed E-state index contributed by atoms with van der Waals surface area (Å²) in [4.78, 5) is 34.3. The van der Waals surface area contributed by atoms with Crippen molar-refractivity contribution in [1.29, 1.82) is 0 Å². The number of hydrogen-bond acceptors (Lipinski definition) is 8. The van der Waals surface area contributed by atoms with Crippen LogP contribution in [0.15, 0.2) is 54.7 Å². The third-order valence-electron chi connectivity index (χ3n) is 10.4. The van der Waals surface area contributed by atoms with Crippen LogP contribution in [0.1, 0.15) is 43.7 Å². The van der Waals surface area contributed by atoms with Crippen molar-refractivity contribution < 1.29 is 23.5 Å². The quantitative estimate of drug-likeness (QED) is 0.152. The second-order valence-corrected chi connectivity index (χ2v) is 14.7. The Labute approximate surface area is 312 Å². The highest BCUT2D eigenvalue weighted by Crippen LogP contribution is 2.48. The van der Waals surface area contributed by atoms with Gasteiger partial charge in [0.1, 0.15) is 11.6 Å². The first-order chi connectivity index (χ1) is 25.1. The highest BCUT2D eigenvalue weighted by Gasteiger charge is 2.52. The molecular formula is C39H41Cl2FN6O4. The molecule has 272 valence electrons. The van der Waals surface area contributed by atoms with Gasteiger partial charge in [-0.1, -0.05) is 47.5 Å². The maximum Gasteiger partial charge on any atom is 0.220 e. The number of rotatable bonds is 12. The van der Waals surface area contributed by atoms with E-state index < -0.39 is 5.82 Å². The van der Waals surface area contributed by atoms with Gasteiger partial charge in [-0.3, -0.25) is 14.6 Å². The van der Waals surface area contributed by atoms with Gasteiger partial charge in [0.25, 0.3) is 0 Å². The van der Waals surface area contributed by atoms with Crippen molar-refractivity contribution in [3.05, 3.63) is 81.7 Å². The number of amides is 2. The monoisotopic (exact) mass is 746 g/mol. The maximum absolute atomic E-state index is 15.7. The van der Waals surface area contributed by atoms with Crippen molar-refractivity contribution in [2.45, 2.75) is 57.8 Å². The molecule has 1 spiro atoms. The lowest BCUT2D eigenvalue weighted by molar-refractivity contribution is -0.149. The number of methoxy groups -OCH3 is 2. The van der Waals surface area contributed by atoms with Crippen LogP contribution in [0.5, 0.6) is 11.6 Å². The van der Waals surface area contributed by atoms with Crippen LogP contribution in [0.25, 0.3) is 33.6 Å². The van der Waals surface area contributed by atoms with E-state index in [1.807, 2.05) is 35.2 Å². The molecule has 2 saturated heterocycles. The molecule has 4 aromatic rings. The largest absolute Gasteiger partial charge is 0.496 e. The predicted molar refractivity (Wildman–Crippen MR) is 199 cm³/mol. The first kappa shape index (κ1) is 36.1. The summed E-state index contributed by atoms with van der Waals surface area (Å²) >= 11 is 14.1. The second kappa shape index (κ2) is 15.0. The minimum Gasteiger partial charge on any atom is -0.496 e. The van der Waals surface area contributed by atoms with E-state index in [4.69, 9.17) is 37.7 Å². The number of aromatic nitrogens is 2. The molecule has 1 atom stereocenters. The standard InChI is InChI=1S/C39H41Cl2FN6O4/c1-22(49)48-20-39(21-48)15-26(16-39)45-19-30-31(42)13-24(14-33(30)51-2)37-36(41)28(11-12-44-37)27-5-4-6-29(35(27)40)32-9-7-23(38(47-32)52-3)17-43-18-25-8-10-34(50)46-25/h4-7,9,11-14,25-26,43,45H,8,10,15-21H2,1-3H3,(H,46,50)/t25-/m1/s1. The number of likely N-dealkylation sites (tertiary alicyclic amines) is 1. The van der Waals surface area contributed by atoms with Gasteiger partial charge in [-0.15, -0.1) is 0 Å². The zero-order valence-corrected chi connectivity index (χ0v) is 30.8. The highest BCUT2D eigenvalue weighted by molar-refractivity contribution is 6.39. The Morgan fingerprint density at radius 1 is 1.04 bits per heavy atom. The van der Waals surface area contributed by atoms with Crippen molar-refractivity contribution in [3.8, 4) is 45.3 Å². The van der Waals surface area contributed by atoms with Gasteiger partial charge in [0, 0.05) is 103 Å². The van der Waals surface area contributed by atoms with Crippen LogP contribution in [0.3, 0.4) is 0 Å². The van der Waals surface area contributed by atoms with Crippen molar-refractivity contribution >= 4 is 35.0 Å². The average Bonchev–Trinajstić information content (AvgIpc) is 3.52. The fourth-order valence-electron chi connectivity index (χ4n) is 7.66. The van der Waals surface area contributed by atoms with Gasteiger partial charge in [0.15, 0.2) is 0 Å². The van der Waals surface area contributed by atoms with Gasteiger partial charge < -0.3 is 30.3 Å². The van der Waals surface area contributed by atoms with E-state index in [-0.39, 0.29) is 29.3 Å².